The van der Waals surface area contributed by atoms with Crippen molar-refractivity contribution in [2.75, 3.05) is 6.61 Å². The van der Waals surface area contributed by atoms with E-state index in [-0.39, 0.29) is 13.0 Å². The summed E-state index contributed by atoms with van der Waals surface area (Å²) in [7, 11) is 0. The molecule has 0 radical (unpaired) electrons. The molecule has 0 amide bonds. The van der Waals surface area contributed by atoms with E-state index in [1.165, 1.54) is 31.2 Å². The van der Waals surface area contributed by atoms with Crippen LogP contribution in [0.2, 0.25) is 5.02 Å². The molecule has 0 spiro atoms. The number of nitro groups is 1. The standard InChI is InChI=1S/C27H28ClNO12/c1-13(30)37-12-23-25(38-14(2)31)27(40-16(4)33)26(39-15(3)32)24(41-23)18-6-7-20(28)19(11-18)9-17-5-8-22(34)21(10-17)29(35)36/h5-8,10-11,23-27,34H,9,12H2,1-4H3/t23-,24+,25-,26+,27+/m1/s1. The highest BCUT2D eigenvalue weighted by atomic mass is 35.5. The lowest BCUT2D eigenvalue weighted by atomic mass is 9.89. The fourth-order valence-corrected chi connectivity index (χ4v) is 4.63. The van der Waals surface area contributed by atoms with Gasteiger partial charge >= 0.3 is 29.6 Å². The molecule has 1 heterocycles. The normalized spacial score (nSPS) is 21.8. The van der Waals surface area contributed by atoms with Crippen LogP contribution in [0.3, 0.4) is 0 Å². The van der Waals surface area contributed by atoms with Crippen molar-refractivity contribution in [2.45, 2.75) is 64.6 Å². The third kappa shape index (κ3) is 8.14. The Labute approximate surface area is 239 Å². The predicted molar refractivity (Wildman–Crippen MR) is 140 cm³/mol. The summed E-state index contributed by atoms with van der Waals surface area (Å²) in [5, 5.41) is 21.4. The lowest BCUT2D eigenvalue weighted by Crippen LogP contribution is -2.59. The monoisotopic (exact) mass is 593 g/mol. The number of carbonyl (C=O) groups is 4. The van der Waals surface area contributed by atoms with E-state index in [4.69, 9.17) is 35.3 Å². The average Bonchev–Trinajstić information content (AvgIpc) is 2.86. The van der Waals surface area contributed by atoms with Gasteiger partial charge in [-0.1, -0.05) is 29.8 Å². The van der Waals surface area contributed by atoms with Gasteiger partial charge in [-0.05, 0) is 35.2 Å². The highest BCUT2D eigenvalue weighted by Crippen LogP contribution is 2.39. The van der Waals surface area contributed by atoms with Crippen LogP contribution >= 0.6 is 11.6 Å². The van der Waals surface area contributed by atoms with Gasteiger partial charge in [0.2, 0.25) is 0 Å². The molecule has 0 aromatic heterocycles. The van der Waals surface area contributed by atoms with Gasteiger partial charge in [0.15, 0.2) is 24.1 Å². The summed E-state index contributed by atoms with van der Waals surface area (Å²) >= 11 is 6.44. The van der Waals surface area contributed by atoms with E-state index in [2.05, 4.69) is 0 Å². The number of phenols is 1. The number of halogens is 1. The van der Waals surface area contributed by atoms with Gasteiger partial charge < -0.3 is 28.8 Å². The Kier molecular flexibility index (Phi) is 10.2. The van der Waals surface area contributed by atoms with E-state index < -0.39 is 70.8 Å². The summed E-state index contributed by atoms with van der Waals surface area (Å²) in [5.74, 6) is -3.39. The molecule has 1 N–H and O–H groups in total. The van der Waals surface area contributed by atoms with Gasteiger partial charge in [-0.15, -0.1) is 0 Å². The summed E-state index contributed by atoms with van der Waals surface area (Å²) in [4.78, 5) is 58.3. The quantitative estimate of drug-likeness (QED) is 0.194. The third-order valence-corrected chi connectivity index (χ3v) is 6.39. The number of aromatic hydroxyl groups is 1. The van der Waals surface area contributed by atoms with Gasteiger partial charge in [-0.2, -0.15) is 0 Å². The van der Waals surface area contributed by atoms with E-state index in [0.29, 0.717) is 21.7 Å². The summed E-state index contributed by atoms with van der Waals surface area (Å²) in [6.45, 7) is 4.17. The summed E-state index contributed by atoms with van der Waals surface area (Å²) < 4.78 is 27.7. The van der Waals surface area contributed by atoms with Gasteiger partial charge in [-0.25, -0.2) is 0 Å². The molecule has 1 fully saturated rings. The first kappa shape index (κ1) is 31.3. The molecule has 220 valence electrons. The maximum absolute atomic E-state index is 12.1. The smallest absolute Gasteiger partial charge is 0.310 e. The van der Waals surface area contributed by atoms with Crippen molar-refractivity contribution in [3.05, 3.63) is 68.2 Å². The van der Waals surface area contributed by atoms with Crippen LogP contribution in [0.15, 0.2) is 36.4 Å². The minimum Gasteiger partial charge on any atom is -0.502 e. The Morgan fingerprint density at radius 2 is 1.51 bits per heavy atom. The second kappa shape index (κ2) is 13.4. The Hall–Kier alpha value is -4.23. The number of hydrogen-bond acceptors (Lipinski definition) is 12. The number of ether oxygens (including phenoxy) is 5. The number of carbonyl (C=O) groups excluding carboxylic acids is 4. The van der Waals surface area contributed by atoms with Crippen molar-refractivity contribution in [3.63, 3.8) is 0 Å². The van der Waals surface area contributed by atoms with Gasteiger partial charge in [0.05, 0.1) is 4.92 Å². The first-order valence-corrected chi connectivity index (χ1v) is 12.7. The number of phenolic OH excluding ortho intramolecular Hbond substituents is 1. The van der Waals surface area contributed by atoms with Gasteiger partial charge in [0.25, 0.3) is 0 Å². The number of nitrogens with zero attached hydrogens (tertiary/aromatic N) is 1. The molecule has 5 atom stereocenters. The average molecular weight is 594 g/mol. The summed E-state index contributed by atoms with van der Waals surface area (Å²) in [5.41, 5.74) is 0.886. The molecule has 0 unspecified atom stereocenters. The number of benzene rings is 2. The number of nitro benzene ring substituents is 1. The Morgan fingerprint density at radius 1 is 0.902 bits per heavy atom. The number of rotatable bonds is 9. The zero-order valence-corrected chi connectivity index (χ0v) is 23.3. The van der Waals surface area contributed by atoms with Crippen LogP contribution in [0.4, 0.5) is 5.69 Å². The van der Waals surface area contributed by atoms with Crippen LogP contribution in [-0.4, -0.2) is 64.9 Å². The van der Waals surface area contributed by atoms with E-state index in [1.54, 1.807) is 12.1 Å². The van der Waals surface area contributed by atoms with E-state index in [9.17, 15) is 34.4 Å². The molecule has 2 aromatic carbocycles. The molecular formula is C27H28ClNO12. The molecule has 1 saturated heterocycles. The van der Waals surface area contributed by atoms with Crippen LogP contribution in [0.1, 0.15) is 50.5 Å². The van der Waals surface area contributed by atoms with Crippen molar-refractivity contribution >= 4 is 41.2 Å². The second-order valence-electron chi connectivity index (χ2n) is 9.23. The fraction of sp³-hybridized carbons (Fsp3) is 0.407. The fourth-order valence-electron chi connectivity index (χ4n) is 4.45. The summed E-state index contributed by atoms with van der Waals surface area (Å²) in [6.07, 6.45) is -6.11. The highest BCUT2D eigenvalue weighted by molar-refractivity contribution is 6.31. The lowest BCUT2D eigenvalue weighted by Gasteiger charge is -2.44. The van der Waals surface area contributed by atoms with E-state index >= 15 is 0 Å². The van der Waals surface area contributed by atoms with Gasteiger partial charge in [-0.3, -0.25) is 29.3 Å². The maximum atomic E-state index is 12.1. The van der Waals surface area contributed by atoms with Crippen LogP contribution < -0.4 is 0 Å². The molecule has 3 rings (SSSR count). The Morgan fingerprint density at radius 3 is 2.10 bits per heavy atom. The second-order valence-corrected chi connectivity index (χ2v) is 9.63. The van der Waals surface area contributed by atoms with Crippen molar-refractivity contribution in [1.29, 1.82) is 0 Å². The SMILES string of the molecule is CC(=O)OC[C@H]1O[C@@H](c2ccc(Cl)c(Cc3ccc(O)c([N+](=O)[O-])c3)c2)[C@H](OC(C)=O)[C@@H](OC(C)=O)[C@@H]1OC(C)=O. The molecule has 0 bridgehead atoms. The van der Waals surface area contributed by atoms with E-state index in [0.717, 1.165) is 20.8 Å². The zero-order valence-electron chi connectivity index (χ0n) is 22.5. The molecule has 1 aliphatic rings. The molecule has 13 nitrogen and oxygen atoms in total. The van der Waals surface area contributed by atoms with Crippen LogP contribution in [-0.2, 0) is 49.3 Å². The minimum atomic E-state index is -1.35. The zero-order chi connectivity index (χ0) is 30.4. The first-order valence-electron chi connectivity index (χ1n) is 12.3. The van der Waals surface area contributed by atoms with Crippen LogP contribution in [0, 0.1) is 10.1 Å². The minimum absolute atomic E-state index is 0.110. The van der Waals surface area contributed by atoms with Gasteiger partial charge in [0.1, 0.15) is 18.8 Å². The molecule has 1 aliphatic heterocycles. The topological polar surface area (TPSA) is 178 Å². The summed E-state index contributed by atoms with van der Waals surface area (Å²) in [6, 6.07) is 8.64. The Balaban J connectivity index is 2.08. The number of esters is 4. The highest BCUT2D eigenvalue weighted by Gasteiger charge is 2.52. The van der Waals surface area contributed by atoms with Crippen molar-refractivity contribution in [3.8, 4) is 5.75 Å². The van der Waals surface area contributed by atoms with Crippen LogP contribution in [0.5, 0.6) is 5.75 Å². The van der Waals surface area contributed by atoms with E-state index in [1.807, 2.05) is 0 Å². The Bertz CT molecular complexity index is 1350. The van der Waals surface area contributed by atoms with Crippen molar-refractivity contribution in [1.82, 2.24) is 0 Å². The van der Waals surface area contributed by atoms with Crippen molar-refractivity contribution < 1.29 is 52.9 Å². The third-order valence-electron chi connectivity index (χ3n) is 6.02. The largest absolute Gasteiger partial charge is 0.502 e. The van der Waals surface area contributed by atoms with Crippen molar-refractivity contribution in [2.24, 2.45) is 0 Å². The van der Waals surface area contributed by atoms with Gasteiger partial charge in [0, 0.05) is 38.8 Å². The van der Waals surface area contributed by atoms with Crippen LogP contribution in [0.25, 0.3) is 0 Å². The predicted octanol–water partition coefficient (Wildman–Crippen LogP) is 3.34. The lowest BCUT2D eigenvalue weighted by molar-refractivity contribution is -0.385. The molecule has 2 aromatic rings. The number of hydrogen-bond donors (Lipinski definition) is 1. The molecule has 41 heavy (non-hydrogen) atoms. The molecule has 0 saturated carbocycles. The molecule has 0 aliphatic carbocycles. The molecular weight excluding hydrogens is 566 g/mol. The maximum Gasteiger partial charge on any atom is 0.310 e. The first-order chi connectivity index (χ1) is 19.3. The molecule has 14 heteroatoms.